The molecule has 0 unspecified atom stereocenters. The van der Waals surface area contributed by atoms with Gasteiger partial charge in [0.05, 0.1) is 22.9 Å². The third-order valence-corrected chi connectivity index (χ3v) is 5.23. The fourth-order valence-electron chi connectivity index (χ4n) is 3.32. The van der Waals surface area contributed by atoms with Crippen LogP contribution in [-0.2, 0) is 12.6 Å². The lowest BCUT2D eigenvalue weighted by molar-refractivity contribution is -0.142. The molecule has 2 aromatic carbocycles. The fraction of sp³-hybridized carbons (Fsp3) is 0.0870. The van der Waals surface area contributed by atoms with Crippen molar-refractivity contribution >= 4 is 23.2 Å². The molecule has 2 heterocycles. The number of nitrogens with zero attached hydrogens (tertiary/aromatic N) is 3. The van der Waals surface area contributed by atoms with Gasteiger partial charge < -0.3 is 9.72 Å². The van der Waals surface area contributed by atoms with Crippen LogP contribution in [0.4, 0.5) is 17.6 Å². The molecular weight excluding hydrogens is 541 g/mol. The second kappa shape index (κ2) is 10.0. The maximum absolute atomic E-state index is 13.8. The molecule has 0 saturated carbocycles. The van der Waals surface area contributed by atoms with Crippen LogP contribution in [0.3, 0.4) is 0 Å². The monoisotopic (exact) mass is 551 g/mol. The zero-order valence-corrected chi connectivity index (χ0v) is 19.6. The molecule has 37 heavy (non-hydrogen) atoms. The molecule has 0 spiro atoms. The molecule has 0 amide bonds. The van der Waals surface area contributed by atoms with Crippen LogP contribution < -0.4 is 15.9 Å². The van der Waals surface area contributed by atoms with Crippen molar-refractivity contribution in [3.05, 3.63) is 102 Å². The molecule has 2 N–H and O–H groups in total. The SMILES string of the molecule is N#Cc1cc(Cl)cc(Oc2c(C(F)(F)F)nc(Cc3cc(-c4cc(F)cc(Cl)c4)c(=O)[nH]n3)[nH]c2=O)c1. The van der Waals surface area contributed by atoms with Gasteiger partial charge in [0.1, 0.15) is 17.4 Å². The zero-order valence-electron chi connectivity index (χ0n) is 18.1. The van der Waals surface area contributed by atoms with Gasteiger partial charge in [-0.15, -0.1) is 0 Å². The maximum Gasteiger partial charge on any atom is 0.437 e. The summed E-state index contributed by atoms with van der Waals surface area (Å²) in [6, 6.07) is 9.85. The molecule has 14 heteroatoms. The minimum Gasteiger partial charge on any atom is -0.449 e. The van der Waals surface area contributed by atoms with Crippen LogP contribution in [-0.4, -0.2) is 20.2 Å². The van der Waals surface area contributed by atoms with E-state index in [-0.39, 0.29) is 38.2 Å². The molecule has 0 saturated heterocycles. The third kappa shape index (κ3) is 5.96. The van der Waals surface area contributed by atoms with E-state index >= 15 is 0 Å². The summed E-state index contributed by atoms with van der Waals surface area (Å²) in [5.74, 6) is -2.60. The smallest absolute Gasteiger partial charge is 0.437 e. The second-order valence-electron chi connectivity index (χ2n) is 7.51. The van der Waals surface area contributed by atoms with Gasteiger partial charge in [0, 0.05) is 16.5 Å². The lowest BCUT2D eigenvalue weighted by Gasteiger charge is -2.14. The molecule has 188 valence electrons. The average molecular weight is 552 g/mol. The zero-order chi connectivity index (χ0) is 26.9. The van der Waals surface area contributed by atoms with Crippen LogP contribution in [0, 0.1) is 17.1 Å². The first kappa shape index (κ1) is 25.9. The van der Waals surface area contributed by atoms with Gasteiger partial charge in [0.25, 0.3) is 11.1 Å². The highest BCUT2D eigenvalue weighted by Crippen LogP contribution is 2.35. The van der Waals surface area contributed by atoms with E-state index in [1.807, 2.05) is 0 Å². The molecule has 0 bridgehead atoms. The topological polar surface area (TPSA) is 125 Å². The summed E-state index contributed by atoms with van der Waals surface area (Å²) in [7, 11) is 0. The van der Waals surface area contributed by atoms with Crippen LogP contribution in [0.5, 0.6) is 11.5 Å². The summed E-state index contributed by atoms with van der Waals surface area (Å²) in [5.41, 5.74) is -3.55. The largest absolute Gasteiger partial charge is 0.449 e. The van der Waals surface area contributed by atoms with Gasteiger partial charge in [-0.1, -0.05) is 23.2 Å². The van der Waals surface area contributed by atoms with E-state index < -0.39 is 46.8 Å². The van der Waals surface area contributed by atoms with Gasteiger partial charge in [0.2, 0.25) is 5.75 Å². The fourth-order valence-corrected chi connectivity index (χ4v) is 3.76. The minimum atomic E-state index is -5.10. The summed E-state index contributed by atoms with van der Waals surface area (Å²) in [5, 5.41) is 15.0. The average Bonchev–Trinajstić information content (AvgIpc) is 2.80. The number of hydrogen-bond donors (Lipinski definition) is 2. The Hall–Kier alpha value is -4.21. The molecule has 2 aromatic heterocycles. The maximum atomic E-state index is 13.8. The first-order valence-electron chi connectivity index (χ1n) is 10.1. The second-order valence-corrected chi connectivity index (χ2v) is 8.39. The highest BCUT2D eigenvalue weighted by Gasteiger charge is 2.39. The standard InChI is InChI=1S/C23H11Cl2F4N5O3/c24-12-1-10(9-30)2-16(6-12)37-19-20(23(27,28)29)31-18(32-22(19)36)8-15-7-17(21(35)34-33-15)11-3-13(25)5-14(26)4-11/h1-7H,8H2,(H,34,35)(H,31,32,36). The predicted molar refractivity (Wildman–Crippen MR) is 124 cm³/mol. The van der Waals surface area contributed by atoms with E-state index in [0.29, 0.717) is 0 Å². The van der Waals surface area contributed by atoms with E-state index in [2.05, 4.69) is 20.2 Å². The van der Waals surface area contributed by atoms with Crippen LogP contribution >= 0.6 is 23.2 Å². The summed E-state index contributed by atoms with van der Waals surface area (Å²) in [4.78, 5) is 30.5. The van der Waals surface area contributed by atoms with E-state index in [9.17, 15) is 27.2 Å². The van der Waals surface area contributed by atoms with Crippen LogP contribution in [0.25, 0.3) is 11.1 Å². The van der Waals surface area contributed by atoms with Crippen molar-refractivity contribution in [3.63, 3.8) is 0 Å². The summed E-state index contributed by atoms with van der Waals surface area (Å²) in [6.45, 7) is 0. The number of aromatic nitrogens is 4. The van der Waals surface area contributed by atoms with Crippen molar-refractivity contribution in [2.24, 2.45) is 0 Å². The Labute approximate surface area is 214 Å². The number of halogens is 6. The number of nitrogens with one attached hydrogen (secondary N) is 2. The van der Waals surface area contributed by atoms with Crippen molar-refractivity contribution in [2.75, 3.05) is 0 Å². The van der Waals surface area contributed by atoms with Crippen molar-refractivity contribution in [1.29, 1.82) is 5.26 Å². The molecule has 0 aliphatic carbocycles. The molecule has 0 aliphatic heterocycles. The number of ether oxygens (including phenoxy) is 1. The Morgan fingerprint density at radius 2 is 1.73 bits per heavy atom. The first-order chi connectivity index (χ1) is 17.4. The highest BCUT2D eigenvalue weighted by molar-refractivity contribution is 6.31. The van der Waals surface area contributed by atoms with E-state index in [1.54, 1.807) is 6.07 Å². The van der Waals surface area contributed by atoms with Crippen molar-refractivity contribution in [1.82, 2.24) is 20.2 Å². The quantitative estimate of drug-likeness (QED) is 0.327. The summed E-state index contributed by atoms with van der Waals surface area (Å²) < 4.78 is 60.3. The summed E-state index contributed by atoms with van der Waals surface area (Å²) in [6.07, 6.45) is -5.54. The molecule has 4 aromatic rings. The molecule has 0 atom stereocenters. The van der Waals surface area contributed by atoms with Gasteiger partial charge in [0.15, 0.2) is 5.69 Å². The molecule has 8 nitrogen and oxygen atoms in total. The predicted octanol–water partition coefficient (Wildman–Crippen LogP) is 5.24. The van der Waals surface area contributed by atoms with Gasteiger partial charge in [-0.25, -0.2) is 14.5 Å². The molecule has 0 radical (unpaired) electrons. The van der Waals surface area contributed by atoms with Crippen LogP contribution in [0.15, 0.2) is 52.1 Å². The third-order valence-electron chi connectivity index (χ3n) is 4.79. The number of rotatable bonds is 5. The number of aromatic amines is 2. The normalized spacial score (nSPS) is 11.3. The molecular formula is C23H11Cl2F4N5O3. The highest BCUT2D eigenvalue weighted by atomic mass is 35.5. The minimum absolute atomic E-state index is 0.00292. The van der Waals surface area contributed by atoms with Gasteiger partial charge in [-0.3, -0.25) is 9.59 Å². The van der Waals surface area contributed by atoms with Crippen LogP contribution in [0.2, 0.25) is 10.0 Å². The Morgan fingerprint density at radius 3 is 2.41 bits per heavy atom. The Kier molecular flexibility index (Phi) is 7.02. The van der Waals surface area contributed by atoms with Gasteiger partial charge in [-0.05, 0) is 48.0 Å². The van der Waals surface area contributed by atoms with Gasteiger partial charge >= 0.3 is 6.18 Å². The number of benzene rings is 2. The lowest BCUT2D eigenvalue weighted by atomic mass is 10.1. The molecule has 4 rings (SSSR count). The van der Waals surface area contributed by atoms with Crippen LogP contribution in [0.1, 0.15) is 22.8 Å². The number of alkyl halides is 3. The Bertz CT molecular complexity index is 1660. The van der Waals surface area contributed by atoms with Crippen molar-refractivity contribution < 1.29 is 22.3 Å². The number of hydrogen-bond acceptors (Lipinski definition) is 6. The Balaban J connectivity index is 1.74. The van der Waals surface area contributed by atoms with Crippen molar-refractivity contribution in [3.8, 4) is 28.7 Å². The van der Waals surface area contributed by atoms with Gasteiger partial charge in [-0.2, -0.15) is 23.5 Å². The molecule has 0 fully saturated rings. The molecule has 0 aliphatic rings. The summed E-state index contributed by atoms with van der Waals surface area (Å²) >= 11 is 11.7. The first-order valence-corrected chi connectivity index (χ1v) is 10.8. The van der Waals surface area contributed by atoms with Crippen molar-refractivity contribution in [2.45, 2.75) is 12.6 Å². The Morgan fingerprint density at radius 1 is 1.00 bits per heavy atom. The number of nitriles is 1. The van der Waals surface area contributed by atoms with E-state index in [4.69, 9.17) is 33.2 Å². The lowest BCUT2D eigenvalue weighted by Crippen LogP contribution is -2.22. The number of H-pyrrole nitrogens is 2. The van der Waals surface area contributed by atoms with E-state index in [0.717, 1.165) is 24.3 Å². The van der Waals surface area contributed by atoms with E-state index in [1.165, 1.54) is 18.2 Å².